The summed E-state index contributed by atoms with van der Waals surface area (Å²) in [6.07, 6.45) is 76.0. The lowest BCUT2D eigenvalue weighted by molar-refractivity contribution is -0.167. The normalized spacial score (nSPS) is 12.5. The average Bonchev–Trinajstić information content (AvgIpc) is 3.37. The molecule has 0 N–H and O–H groups in total. The highest BCUT2D eigenvalue weighted by atomic mass is 16.6. The Labute approximate surface area is 440 Å². The molecule has 0 aromatic carbocycles. The van der Waals surface area contributed by atoms with Gasteiger partial charge in [-0.05, 0) is 89.9 Å². The number of unbranched alkanes of at least 4 members (excludes halogenated alkanes) is 32. The second-order valence-electron chi connectivity index (χ2n) is 20.2. The fourth-order valence-electron chi connectivity index (χ4n) is 8.64. The van der Waals surface area contributed by atoms with Crippen LogP contribution in [0.15, 0.2) is 72.9 Å². The number of carbonyl (C=O) groups excluding carboxylic acids is 3. The Morgan fingerprint density at radius 2 is 0.549 bits per heavy atom. The first-order valence-electron chi connectivity index (χ1n) is 30.4. The van der Waals surface area contributed by atoms with E-state index >= 15 is 0 Å². The zero-order valence-corrected chi connectivity index (χ0v) is 47.0. The van der Waals surface area contributed by atoms with Crippen LogP contribution in [0.5, 0.6) is 0 Å². The molecule has 0 aromatic rings. The molecule has 1 unspecified atom stereocenters. The molecule has 0 bridgehead atoms. The summed E-state index contributed by atoms with van der Waals surface area (Å²) in [7, 11) is 0. The number of esters is 3. The van der Waals surface area contributed by atoms with Crippen molar-refractivity contribution in [2.75, 3.05) is 13.2 Å². The third kappa shape index (κ3) is 57.6. The van der Waals surface area contributed by atoms with E-state index in [1.54, 1.807) is 0 Å². The van der Waals surface area contributed by atoms with Crippen LogP contribution in [0.1, 0.15) is 303 Å². The quantitative estimate of drug-likeness (QED) is 0.0261. The van der Waals surface area contributed by atoms with Gasteiger partial charge in [0.2, 0.25) is 0 Å². The molecule has 0 amide bonds. The highest BCUT2D eigenvalue weighted by molar-refractivity contribution is 5.71. The zero-order chi connectivity index (χ0) is 51.4. The van der Waals surface area contributed by atoms with Crippen molar-refractivity contribution in [1.82, 2.24) is 0 Å². The van der Waals surface area contributed by atoms with Crippen molar-refractivity contribution in [3.8, 4) is 0 Å². The molecule has 0 aliphatic carbocycles. The number of allylic oxidation sites excluding steroid dienone is 12. The summed E-state index contributed by atoms with van der Waals surface area (Å²) in [6, 6.07) is 0. The molecule has 0 spiro atoms. The van der Waals surface area contributed by atoms with Gasteiger partial charge in [-0.15, -0.1) is 0 Å². The molecule has 0 fully saturated rings. The van der Waals surface area contributed by atoms with E-state index in [4.69, 9.17) is 14.2 Å². The Bertz CT molecular complexity index is 1320. The lowest BCUT2D eigenvalue weighted by atomic mass is 10.0. The fraction of sp³-hybridized carbons (Fsp3) is 0.769. The van der Waals surface area contributed by atoms with Gasteiger partial charge in [0, 0.05) is 19.3 Å². The Balaban J connectivity index is 4.40. The van der Waals surface area contributed by atoms with Crippen LogP contribution in [0.2, 0.25) is 0 Å². The Kier molecular flexibility index (Phi) is 56.8. The summed E-state index contributed by atoms with van der Waals surface area (Å²) in [4.78, 5) is 38.3. The predicted molar refractivity (Wildman–Crippen MR) is 307 cm³/mol. The van der Waals surface area contributed by atoms with Gasteiger partial charge in [-0.25, -0.2) is 0 Å². The van der Waals surface area contributed by atoms with E-state index in [0.717, 1.165) is 103 Å². The van der Waals surface area contributed by atoms with Crippen LogP contribution >= 0.6 is 0 Å². The van der Waals surface area contributed by atoms with Gasteiger partial charge in [-0.2, -0.15) is 0 Å². The van der Waals surface area contributed by atoms with Crippen molar-refractivity contribution in [3.63, 3.8) is 0 Å². The maximum absolute atomic E-state index is 12.9. The highest BCUT2D eigenvalue weighted by Gasteiger charge is 2.19. The van der Waals surface area contributed by atoms with Crippen LogP contribution in [0.4, 0.5) is 0 Å². The summed E-state index contributed by atoms with van der Waals surface area (Å²) < 4.78 is 16.9. The molecule has 0 aliphatic heterocycles. The Morgan fingerprint density at radius 3 is 0.873 bits per heavy atom. The number of rotatable bonds is 55. The van der Waals surface area contributed by atoms with Gasteiger partial charge in [0.1, 0.15) is 13.2 Å². The minimum atomic E-state index is -0.785. The monoisotopic (exact) mass is 991 g/mol. The van der Waals surface area contributed by atoms with Crippen LogP contribution in [0.25, 0.3) is 0 Å². The Morgan fingerprint density at radius 1 is 0.296 bits per heavy atom. The van der Waals surface area contributed by atoms with Crippen molar-refractivity contribution in [2.24, 2.45) is 0 Å². The van der Waals surface area contributed by atoms with E-state index in [1.807, 2.05) is 0 Å². The molecule has 0 radical (unpaired) electrons. The predicted octanol–water partition coefficient (Wildman–Crippen LogP) is 20.5. The molecule has 410 valence electrons. The molecule has 1 atom stereocenters. The van der Waals surface area contributed by atoms with Gasteiger partial charge < -0.3 is 14.2 Å². The molecule has 6 nitrogen and oxygen atoms in total. The zero-order valence-electron chi connectivity index (χ0n) is 47.0. The first-order valence-corrected chi connectivity index (χ1v) is 30.4. The van der Waals surface area contributed by atoms with E-state index < -0.39 is 6.10 Å². The van der Waals surface area contributed by atoms with Crippen LogP contribution < -0.4 is 0 Å². The van der Waals surface area contributed by atoms with E-state index in [-0.39, 0.29) is 31.1 Å². The van der Waals surface area contributed by atoms with Gasteiger partial charge in [-0.1, -0.05) is 267 Å². The van der Waals surface area contributed by atoms with Crippen molar-refractivity contribution < 1.29 is 28.6 Å². The maximum Gasteiger partial charge on any atom is 0.306 e. The second kappa shape index (κ2) is 59.4. The molecule has 6 heteroatoms. The topological polar surface area (TPSA) is 78.9 Å². The van der Waals surface area contributed by atoms with Crippen LogP contribution in [0, 0.1) is 0 Å². The summed E-state index contributed by atoms with van der Waals surface area (Å²) in [6.45, 7) is 6.53. The first-order chi connectivity index (χ1) is 35.0. The standard InChI is InChI=1S/C65H114O6/c1-4-7-10-13-16-19-22-25-28-31-33-35-37-40-43-46-49-52-55-58-64(67)70-61-62(60-69-63(66)57-54-51-48-45-42-39-36-30-27-24-21-18-15-12-9-6-3)71-65(68)59-56-53-50-47-44-41-38-34-32-29-26-23-20-17-14-11-8-5-2/h7,10,16,19-20,23,25,28-29,32-33,35,62H,4-6,8-9,11-15,17-18,21-22,24,26-27,30-31,34,36-61H2,1-3H3/b10-7-,19-16-,23-20-,28-25-,32-29-,35-33-. The van der Waals surface area contributed by atoms with Gasteiger partial charge in [0.25, 0.3) is 0 Å². The fourth-order valence-corrected chi connectivity index (χ4v) is 8.64. The van der Waals surface area contributed by atoms with Gasteiger partial charge >= 0.3 is 17.9 Å². The van der Waals surface area contributed by atoms with Crippen LogP contribution in [-0.4, -0.2) is 37.2 Å². The number of hydrogen-bond donors (Lipinski definition) is 0. The molecule has 0 rings (SSSR count). The summed E-state index contributed by atoms with van der Waals surface area (Å²) in [5.41, 5.74) is 0. The minimum absolute atomic E-state index is 0.0807. The third-order valence-electron chi connectivity index (χ3n) is 13.2. The van der Waals surface area contributed by atoms with Gasteiger partial charge in [0.05, 0.1) is 0 Å². The smallest absolute Gasteiger partial charge is 0.306 e. The number of ether oxygens (including phenoxy) is 3. The van der Waals surface area contributed by atoms with Crippen molar-refractivity contribution in [2.45, 2.75) is 309 Å². The molecule has 0 heterocycles. The summed E-state index contributed by atoms with van der Waals surface area (Å²) in [5, 5.41) is 0. The van der Waals surface area contributed by atoms with E-state index in [0.29, 0.717) is 19.3 Å². The van der Waals surface area contributed by atoms with Crippen molar-refractivity contribution in [3.05, 3.63) is 72.9 Å². The van der Waals surface area contributed by atoms with Crippen molar-refractivity contribution in [1.29, 1.82) is 0 Å². The molecule has 71 heavy (non-hydrogen) atoms. The van der Waals surface area contributed by atoms with Gasteiger partial charge in [-0.3, -0.25) is 14.4 Å². The second-order valence-corrected chi connectivity index (χ2v) is 20.2. The molecular weight excluding hydrogens is 877 g/mol. The van der Waals surface area contributed by atoms with E-state index in [2.05, 4.69) is 93.7 Å². The average molecular weight is 992 g/mol. The van der Waals surface area contributed by atoms with E-state index in [1.165, 1.54) is 161 Å². The Hall–Kier alpha value is -3.15. The first kappa shape index (κ1) is 67.8. The summed E-state index contributed by atoms with van der Waals surface area (Å²) in [5.74, 6) is -0.889. The van der Waals surface area contributed by atoms with E-state index in [9.17, 15) is 14.4 Å². The third-order valence-corrected chi connectivity index (χ3v) is 13.2. The number of hydrogen-bond acceptors (Lipinski definition) is 6. The van der Waals surface area contributed by atoms with Crippen LogP contribution in [-0.2, 0) is 28.6 Å². The SMILES string of the molecule is CC/C=C\C/C=C\C/C=C\C/C=C\CCCCCCCCC(=O)OCC(COC(=O)CCCCCCCCCCCCCCCCCC)OC(=O)CCCCCCCCC/C=C\C/C=C\CCCCCC. The van der Waals surface area contributed by atoms with Crippen LogP contribution in [0.3, 0.4) is 0 Å². The minimum Gasteiger partial charge on any atom is -0.462 e. The van der Waals surface area contributed by atoms with Crippen molar-refractivity contribution >= 4 is 17.9 Å². The molecule has 0 saturated carbocycles. The lowest BCUT2D eigenvalue weighted by Gasteiger charge is -2.18. The lowest BCUT2D eigenvalue weighted by Crippen LogP contribution is -2.30. The highest BCUT2D eigenvalue weighted by Crippen LogP contribution is 2.16. The largest absolute Gasteiger partial charge is 0.462 e. The number of carbonyl (C=O) groups is 3. The maximum atomic E-state index is 12.9. The van der Waals surface area contributed by atoms with Gasteiger partial charge in [0.15, 0.2) is 6.10 Å². The summed E-state index contributed by atoms with van der Waals surface area (Å²) >= 11 is 0. The molecular formula is C65H114O6. The molecule has 0 aromatic heterocycles. The molecule has 0 aliphatic rings. The molecule has 0 saturated heterocycles.